The van der Waals surface area contributed by atoms with Gasteiger partial charge in [-0.05, 0) is 18.8 Å². The van der Waals surface area contributed by atoms with E-state index in [-0.39, 0.29) is 0 Å². The molecule has 0 radical (unpaired) electrons. The fourth-order valence-corrected chi connectivity index (χ4v) is 2.15. The third-order valence-corrected chi connectivity index (χ3v) is 3.56. The maximum Gasteiger partial charge on any atom is 0.0544 e. The average Bonchev–Trinajstić information content (AvgIpc) is 2.08. The van der Waals surface area contributed by atoms with Crippen molar-refractivity contribution in [3.05, 3.63) is 0 Å². The minimum atomic E-state index is 0.581. The van der Waals surface area contributed by atoms with Gasteiger partial charge in [0, 0.05) is 5.41 Å². The third-order valence-electron chi connectivity index (χ3n) is 3.56. The zero-order valence-electron chi connectivity index (χ0n) is 10.1. The molecular formula is C13H26O. The Morgan fingerprint density at radius 3 is 2.29 bits per heavy atom. The van der Waals surface area contributed by atoms with Crippen LogP contribution in [0.3, 0.4) is 0 Å². The third kappa shape index (κ3) is 3.61. The molecule has 0 aliphatic carbocycles. The summed E-state index contributed by atoms with van der Waals surface area (Å²) in [5, 5.41) is 0. The van der Waals surface area contributed by atoms with Gasteiger partial charge in [-0.2, -0.15) is 0 Å². The zero-order valence-corrected chi connectivity index (χ0v) is 10.1. The number of hydrogen-bond acceptors (Lipinski definition) is 1. The van der Waals surface area contributed by atoms with E-state index in [9.17, 15) is 0 Å². The lowest BCUT2D eigenvalue weighted by molar-refractivity contribution is -0.120. The van der Waals surface area contributed by atoms with Crippen molar-refractivity contribution in [2.75, 3.05) is 13.2 Å². The normalized spacial score (nSPS) is 19.7. The van der Waals surface area contributed by atoms with Crippen molar-refractivity contribution in [1.82, 2.24) is 0 Å². The van der Waals surface area contributed by atoms with Crippen LogP contribution in [0.25, 0.3) is 0 Å². The Balaban J connectivity index is 1.97. The van der Waals surface area contributed by atoms with Crippen LogP contribution in [-0.2, 0) is 4.74 Å². The van der Waals surface area contributed by atoms with Crippen molar-refractivity contribution in [2.24, 2.45) is 11.3 Å². The minimum absolute atomic E-state index is 0.581. The molecule has 1 aliphatic heterocycles. The van der Waals surface area contributed by atoms with E-state index in [2.05, 4.69) is 20.8 Å². The van der Waals surface area contributed by atoms with E-state index in [1.807, 2.05) is 0 Å². The Morgan fingerprint density at radius 2 is 1.86 bits per heavy atom. The maximum absolute atomic E-state index is 5.32. The van der Waals surface area contributed by atoms with Gasteiger partial charge in [-0.15, -0.1) is 0 Å². The molecule has 0 N–H and O–H groups in total. The molecule has 1 heteroatoms. The van der Waals surface area contributed by atoms with Gasteiger partial charge in [-0.1, -0.05) is 46.5 Å². The largest absolute Gasteiger partial charge is 0.380 e. The van der Waals surface area contributed by atoms with Crippen LogP contribution in [0, 0.1) is 11.3 Å². The van der Waals surface area contributed by atoms with E-state index >= 15 is 0 Å². The van der Waals surface area contributed by atoms with Crippen LogP contribution in [0.2, 0.25) is 0 Å². The summed E-state index contributed by atoms with van der Waals surface area (Å²) in [5.74, 6) is 0.877. The van der Waals surface area contributed by atoms with Crippen molar-refractivity contribution in [1.29, 1.82) is 0 Å². The SMILES string of the molecule is CCC1(CCCCCC(C)C)COC1. The monoisotopic (exact) mass is 198 g/mol. The van der Waals surface area contributed by atoms with Crippen LogP contribution >= 0.6 is 0 Å². The molecule has 1 rings (SSSR count). The van der Waals surface area contributed by atoms with Crippen molar-refractivity contribution in [3.63, 3.8) is 0 Å². The second-order valence-electron chi connectivity index (χ2n) is 5.34. The van der Waals surface area contributed by atoms with Gasteiger partial charge in [0.1, 0.15) is 0 Å². The van der Waals surface area contributed by atoms with Crippen molar-refractivity contribution in [2.45, 2.75) is 59.3 Å². The molecule has 1 heterocycles. The van der Waals surface area contributed by atoms with Crippen molar-refractivity contribution >= 4 is 0 Å². The molecule has 0 spiro atoms. The van der Waals surface area contributed by atoms with Crippen molar-refractivity contribution in [3.8, 4) is 0 Å². The highest BCUT2D eigenvalue weighted by atomic mass is 16.5. The van der Waals surface area contributed by atoms with Crippen molar-refractivity contribution < 1.29 is 4.74 Å². The topological polar surface area (TPSA) is 9.23 Å². The van der Waals surface area contributed by atoms with Crippen LogP contribution in [0.1, 0.15) is 59.3 Å². The van der Waals surface area contributed by atoms with Gasteiger partial charge in [0.25, 0.3) is 0 Å². The molecule has 1 nitrogen and oxygen atoms in total. The maximum atomic E-state index is 5.32. The second kappa shape index (κ2) is 5.75. The first kappa shape index (κ1) is 12.0. The molecule has 0 amide bonds. The molecule has 0 bridgehead atoms. The summed E-state index contributed by atoms with van der Waals surface area (Å²) in [6.07, 6.45) is 8.33. The minimum Gasteiger partial charge on any atom is -0.380 e. The number of hydrogen-bond donors (Lipinski definition) is 0. The first-order valence-corrected chi connectivity index (χ1v) is 6.26. The van der Waals surface area contributed by atoms with E-state index < -0.39 is 0 Å². The van der Waals surface area contributed by atoms with Gasteiger partial charge in [-0.3, -0.25) is 0 Å². The summed E-state index contributed by atoms with van der Waals surface area (Å²) < 4.78 is 5.32. The number of ether oxygens (including phenoxy) is 1. The molecule has 14 heavy (non-hydrogen) atoms. The highest BCUT2D eigenvalue weighted by Gasteiger charge is 2.35. The second-order valence-corrected chi connectivity index (χ2v) is 5.34. The molecule has 0 unspecified atom stereocenters. The van der Waals surface area contributed by atoms with Crippen LogP contribution in [0.5, 0.6) is 0 Å². The van der Waals surface area contributed by atoms with Gasteiger partial charge in [0.15, 0.2) is 0 Å². The summed E-state index contributed by atoms with van der Waals surface area (Å²) in [6, 6.07) is 0. The summed E-state index contributed by atoms with van der Waals surface area (Å²) in [4.78, 5) is 0. The highest BCUT2D eigenvalue weighted by Crippen LogP contribution is 2.36. The molecule has 0 saturated carbocycles. The Morgan fingerprint density at radius 1 is 1.14 bits per heavy atom. The van der Waals surface area contributed by atoms with Crippen LogP contribution in [0.4, 0.5) is 0 Å². The summed E-state index contributed by atoms with van der Waals surface area (Å²) in [5.41, 5.74) is 0.581. The standard InChI is InChI=1S/C13H26O/c1-4-13(10-14-11-13)9-7-5-6-8-12(2)3/h12H,4-11H2,1-3H3. The lowest BCUT2D eigenvalue weighted by Crippen LogP contribution is -2.41. The summed E-state index contributed by atoms with van der Waals surface area (Å²) in [6.45, 7) is 8.97. The van der Waals surface area contributed by atoms with Gasteiger partial charge >= 0.3 is 0 Å². The molecule has 0 atom stereocenters. The quantitative estimate of drug-likeness (QED) is 0.561. The number of unbranched alkanes of at least 4 members (excludes halogenated alkanes) is 2. The molecule has 0 aromatic rings. The Hall–Kier alpha value is -0.0400. The molecule has 1 aliphatic rings. The molecular weight excluding hydrogens is 172 g/mol. The lowest BCUT2D eigenvalue weighted by Gasteiger charge is -2.41. The summed E-state index contributed by atoms with van der Waals surface area (Å²) in [7, 11) is 0. The molecule has 1 fully saturated rings. The molecule has 0 aromatic heterocycles. The van der Waals surface area contributed by atoms with E-state index in [1.165, 1.54) is 38.5 Å². The first-order valence-electron chi connectivity index (χ1n) is 6.26. The van der Waals surface area contributed by atoms with E-state index in [0.29, 0.717) is 5.41 Å². The van der Waals surface area contributed by atoms with E-state index in [0.717, 1.165) is 19.1 Å². The molecule has 84 valence electrons. The predicted molar refractivity (Wildman–Crippen MR) is 61.5 cm³/mol. The fraction of sp³-hybridized carbons (Fsp3) is 1.00. The first-order chi connectivity index (χ1) is 6.68. The number of rotatable bonds is 7. The molecule has 0 aromatic carbocycles. The predicted octanol–water partition coefficient (Wildman–Crippen LogP) is 4.02. The summed E-state index contributed by atoms with van der Waals surface area (Å²) >= 11 is 0. The smallest absolute Gasteiger partial charge is 0.0544 e. The van der Waals surface area contributed by atoms with E-state index in [1.54, 1.807) is 0 Å². The lowest BCUT2D eigenvalue weighted by atomic mass is 9.78. The van der Waals surface area contributed by atoms with Gasteiger partial charge in [0.2, 0.25) is 0 Å². The highest BCUT2D eigenvalue weighted by molar-refractivity contribution is 4.83. The zero-order chi connectivity index (χ0) is 10.4. The fourth-order valence-electron chi connectivity index (χ4n) is 2.15. The average molecular weight is 198 g/mol. The Kier molecular flexibility index (Phi) is 4.94. The molecule has 1 saturated heterocycles. The Bertz CT molecular complexity index is 142. The van der Waals surface area contributed by atoms with E-state index in [4.69, 9.17) is 4.74 Å². The van der Waals surface area contributed by atoms with Gasteiger partial charge < -0.3 is 4.74 Å². The van der Waals surface area contributed by atoms with Crippen LogP contribution < -0.4 is 0 Å². The van der Waals surface area contributed by atoms with Gasteiger partial charge in [0.05, 0.1) is 13.2 Å². The van der Waals surface area contributed by atoms with Gasteiger partial charge in [-0.25, -0.2) is 0 Å². The van der Waals surface area contributed by atoms with Crippen LogP contribution in [0.15, 0.2) is 0 Å². The Labute approximate surface area is 89.2 Å². The van der Waals surface area contributed by atoms with Crippen LogP contribution in [-0.4, -0.2) is 13.2 Å².